The first kappa shape index (κ1) is 8.53. The lowest BCUT2D eigenvalue weighted by Gasteiger charge is -2.39. The van der Waals surface area contributed by atoms with E-state index >= 15 is 0 Å². The Morgan fingerprint density at radius 1 is 1.55 bits per heavy atom. The lowest BCUT2D eigenvalue weighted by atomic mass is 9.76. The number of hydrogen-bond donors (Lipinski definition) is 2. The Morgan fingerprint density at radius 2 is 2.18 bits per heavy atom. The maximum absolute atomic E-state index is 11.4. The molecule has 1 rings (SSSR count). The first-order valence-corrected chi connectivity index (χ1v) is 4.22. The summed E-state index contributed by atoms with van der Waals surface area (Å²) in [5.74, 6) is 0.161. The fraction of sp³-hybridized carbons (Fsp3) is 0.875. The van der Waals surface area contributed by atoms with Crippen molar-refractivity contribution in [3.63, 3.8) is 0 Å². The summed E-state index contributed by atoms with van der Waals surface area (Å²) in [7, 11) is 1.86. The Bertz CT molecular complexity index is 147. The van der Waals surface area contributed by atoms with Crippen LogP contribution in [0.2, 0.25) is 0 Å². The third kappa shape index (κ3) is 1.38. The molecule has 1 amide bonds. The molecular formula is C8H16N2O. The van der Waals surface area contributed by atoms with E-state index in [-0.39, 0.29) is 11.4 Å². The molecule has 0 heterocycles. The molecule has 0 aliphatic heterocycles. The van der Waals surface area contributed by atoms with Crippen LogP contribution in [0.25, 0.3) is 0 Å². The third-order valence-corrected chi connectivity index (χ3v) is 2.46. The molecule has 11 heavy (non-hydrogen) atoms. The van der Waals surface area contributed by atoms with E-state index in [1.807, 2.05) is 14.0 Å². The van der Waals surface area contributed by atoms with Crippen LogP contribution in [-0.4, -0.2) is 25.0 Å². The van der Waals surface area contributed by atoms with E-state index in [1.54, 1.807) is 0 Å². The number of amides is 1. The van der Waals surface area contributed by atoms with Gasteiger partial charge in [-0.05, 0) is 33.2 Å². The van der Waals surface area contributed by atoms with Crippen molar-refractivity contribution in [1.82, 2.24) is 10.6 Å². The molecule has 1 aliphatic rings. The molecule has 0 aromatic rings. The Balaban J connectivity index is 2.47. The van der Waals surface area contributed by atoms with E-state index in [0.717, 1.165) is 25.8 Å². The first-order chi connectivity index (χ1) is 5.25. The highest BCUT2D eigenvalue weighted by Gasteiger charge is 2.42. The molecular weight excluding hydrogens is 140 g/mol. The van der Waals surface area contributed by atoms with Gasteiger partial charge < -0.3 is 10.6 Å². The summed E-state index contributed by atoms with van der Waals surface area (Å²) in [5, 5.41) is 5.93. The number of nitrogens with one attached hydrogen (secondary N) is 2. The van der Waals surface area contributed by atoms with E-state index in [1.165, 1.54) is 0 Å². The Hall–Kier alpha value is -0.570. The lowest BCUT2D eigenvalue weighted by Crippen LogP contribution is -2.60. The Morgan fingerprint density at radius 3 is 2.45 bits per heavy atom. The van der Waals surface area contributed by atoms with Crippen LogP contribution in [0.3, 0.4) is 0 Å². The standard InChI is InChI=1S/C8H16N2O/c1-3-10-7(11)8(9-2)5-4-6-8/h9H,3-6H2,1-2H3,(H,10,11). The van der Waals surface area contributed by atoms with Gasteiger partial charge in [-0.15, -0.1) is 0 Å². The van der Waals surface area contributed by atoms with Crippen LogP contribution in [0.1, 0.15) is 26.2 Å². The van der Waals surface area contributed by atoms with Gasteiger partial charge in [-0.1, -0.05) is 0 Å². The molecule has 0 aromatic heterocycles. The van der Waals surface area contributed by atoms with Gasteiger partial charge in [0, 0.05) is 6.54 Å². The van der Waals surface area contributed by atoms with Crippen LogP contribution in [0.15, 0.2) is 0 Å². The SMILES string of the molecule is CCNC(=O)C1(NC)CCC1. The first-order valence-electron chi connectivity index (χ1n) is 4.22. The fourth-order valence-corrected chi connectivity index (χ4v) is 1.45. The van der Waals surface area contributed by atoms with Crippen LogP contribution in [0.4, 0.5) is 0 Å². The number of carbonyl (C=O) groups is 1. The van der Waals surface area contributed by atoms with Crippen LogP contribution < -0.4 is 10.6 Å². The van der Waals surface area contributed by atoms with E-state index in [0.29, 0.717) is 0 Å². The number of carbonyl (C=O) groups excluding carboxylic acids is 1. The largest absolute Gasteiger partial charge is 0.355 e. The van der Waals surface area contributed by atoms with Gasteiger partial charge in [0.25, 0.3) is 0 Å². The number of likely N-dealkylation sites (N-methyl/N-ethyl adjacent to an activating group) is 2. The van der Waals surface area contributed by atoms with Crippen molar-refractivity contribution in [2.45, 2.75) is 31.7 Å². The van der Waals surface area contributed by atoms with Crippen LogP contribution in [0, 0.1) is 0 Å². The zero-order valence-corrected chi connectivity index (χ0v) is 7.24. The summed E-state index contributed by atoms with van der Waals surface area (Å²) in [6, 6.07) is 0. The second kappa shape index (κ2) is 3.22. The summed E-state index contributed by atoms with van der Waals surface area (Å²) in [5.41, 5.74) is -0.226. The van der Waals surface area contributed by atoms with Gasteiger partial charge in [0.15, 0.2) is 0 Å². The second-order valence-corrected chi connectivity index (χ2v) is 3.05. The molecule has 64 valence electrons. The van der Waals surface area contributed by atoms with Gasteiger partial charge in [-0.3, -0.25) is 4.79 Å². The predicted molar refractivity (Wildman–Crippen MR) is 44.3 cm³/mol. The number of hydrogen-bond acceptors (Lipinski definition) is 2. The van der Waals surface area contributed by atoms with E-state index < -0.39 is 0 Å². The topological polar surface area (TPSA) is 41.1 Å². The van der Waals surface area contributed by atoms with Crippen LogP contribution in [0.5, 0.6) is 0 Å². The summed E-state index contributed by atoms with van der Waals surface area (Å²) >= 11 is 0. The van der Waals surface area contributed by atoms with Gasteiger partial charge in [-0.2, -0.15) is 0 Å². The van der Waals surface area contributed by atoms with Crippen LogP contribution >= 0.6 is 0 Å². The van der Waals surface area contributed by atoms with Crippen molar-refractivity contribution in [3.05, 3.63) is 0 Å². The minimum Gasteiger partial charge on any atom is -0.355 e. The summed E-state index contributed by atoms with van der Waals surface area (Å²) in [4.78, 5) is 11.4. The van der Waals surface area contributed by atoms with Gasteiger partial charge >= 0.3 is 0 Å². The van der Waals surface area contributed by atoms with Gasteiger partial charge in [0.2, 0.25) is 5.91 Å². The monoisotopic (exact) mass is 156 g/mol. The lowest BCUT2D eigenvalue weighted by molar-refractivity contribution is -0.130. The quantitative estimate of drug-likeness (QED) is 0.615. The molecule has 0 aromatic carbocycles. The zero-order valence-electron chi connectivity index (χ0n) is 7.24. The molecule has 1 saturated carbocycles. The average Bonchev–Trinajstić information content (AvgIpc) is 1.87. The fourth-order valence-electron chi connectivity index (χ4n) is 1.45. The Labute approximate surface area is 67.5 Å². The molecule has 1 fully saturated rings. The molecule has 0 unspecified atom stereocenters. The molecule has 0 saturated heterocycles. The van der Waals surface area contributed by atoms with E-state index in [4.69, 9.17) is 0 Å². The van der Waals surface area contributed by atoms with Gasteiger partial charge in [-0.25, -0.2) is 0 Å². The van der Waals surface area contributed by atoms with Crippen LogP contribution in [-0.2, 0) is 4.79 Å². The van der Waals surface area contributed by atoms with Crippen molar-refractivity contribution in [2.24, 2.45) is 0 Å². The summed E-state index contributed by atoms with van der Waals surface area (Å²) in [6.45, 7) is 2.67. The maximum atomic E-state index is 11.4. The van der Waals surface area contributed by atoms with E-state index in [2.05, 4.69) is 10.6 Å². The predicted octanol–water partition coefficient (Wildman–Crippen LogP) is 0.265. The van der Waals surface area contributed by atoms with Gasteiger partial charge in [0.1, 0.15) is 0 Å². The molecule has 0 spiro atoms. The van der Waals surface area contributed by atoms with Crippen molar-refractivity contribution in [1.29, 1.82) is 0 Å². The highest BCUT2D eigenvalue weighted by atomic mass is 16.2. The van der Waals surface area contributed by atoms with Crippen molar-refractivity contribution >= 4 is 5.91 Å². The minimum absolute atomic E-state index is 0.161. The highest BCUT2D eigenvalue weighted by molar-refractivity contribution is 5.87. The molecule has 0 atom stereocenters. The minimum atomic E-state index is -0.226. The Kier molecular flexibility index (Phi) is 2.49. The number of rotatable bonds is 3. The zero-order chi connectivity index (χ0) is 8.32. The molecule has 3 nitrogen and oxygen atoms in total. The van der Waals surface area contributed by atoms with Crippen molar-refractivity contribution in [3.8, 4) is 0 Å². The molecule has 1 aliphatic carbocycles. The van der Waals surface area contributed by atoms with Crippen molar-refractivity contribution < 1.29 is 4.79 Å². The molecule has 0 radical (unpaired) electrons. The normalized spacial score (nSPS) is 20.5. The molecule has 2 N–H and O–H groups in total. The highest BCUT2D eigenvalue weighted by Crippen LogP contribution is 2.31. The third-order valence-electron chi connectivity index (χ3n) is 2.46. The summed E-state index contributed by atoms with van der Waals surface area (Å²) < 4.78 is 0. The maximum Gasteiger partial charge on any atom is 0.240 e. The van der Waals surface area contributed by atoms with Crippen molar-refractivity contribution in [2.75, 3.05) is 13.6 Å². The average molecular weight is 156 g/mol. The smallest absolute Gasteiger partial charge is 0.240 e. The van der Waals surface area contributed by atoms with Gasteiger partial charge in [0.05, 0.1) is 5.54 Å². The molecule has 3 heteroatoms. The van der Waals surface area contributed by atoms with E-state index in [9.17, 15) is 4.79 Å². The summed E-state index contributed by atoms with van der Waals surface area (Å²) in [6.07, 6.45) is 3.13. The second-order valence-electron chi connectivity index (χ2n) is 3.05. The molecule has 0 bridgehead atoms.